The van der Waals surface area contributed by atoms with Crippen molar-refractivity contribution in [3.8, 4) is 0 Å². The number of amides is 2. The van der Waals surface area contributed by atoms with Crippen LogP contribution in [0.1, 0.15) is 133 Å². The van der Waals surface area contributed by atoms with E-state index in [1.54, 1.807) is 27.9 Å². The van der Waals surface area contributed by atoms with Gasteiger partial charge in [-0.2, -0.15) is 0 Å². The first-order chi connectivity index (χ1) is 33.7. The Balaban J connectivity index is 1.41. The lowest BCUT2D eigenvalue weighted by atomic mass is 9.81. The molecule has 18 heteroatoms. The maximum Gasteiger partial charge on any atom is 0.337 e. The Morgan fingerprint density at radius 2 is 1.54 bits per heavy atom. The molecule has 1 saturated carbocycles. The van der Waals surface area contributed by atoms with Crippen LogP contribution in [0, 0.1) is 29.6 Å². The summed E-state index contributed by atoms with van der Waals surface area (Å²) in [5.41, 5.74) is 2.11. The van der Waals surface area contributed by atoms with E-state index in [-0.39, 0.29) is 59.7 Å². The molecule has 3 aliphatic heterocycles. The number of ketones is 2. The first kappa shape index (κ1) is 57.5. The van der Waals surface area contributed by atoms with Crippen LogP contribution in [-0.2, 0) is 52.3 Å². The summed E-state index contributed by atoms with van der Waals surface area (Å²) in [5.74, 6) is -9.09. The van der Waals surface area contributed by atoms with Gasteiger partial charge in [-0.3, -0.25) is 24.5 Å². The van der Waals surface area contributed by atoms with Crippen LogP contribution in [0.3, 0.4) is 0 Å². The van der Waals surface area contributed by atoms with Gasteiger partial charge in [0.2, 0.25) is 5.79 Å². The Bertz CT molecular complexity index is 2130. The maximum absolute atomic E-state index is 14.6. The number of nitrogens with one attached hydrogen (secondary N) is 1. The Labute approximate surface area is 423 Å². The zero-order valence-corrected chi connectivity index (χ0v) is 43.8. The average molecular weight is 1010 g/mol. The van der Waals surface area contributed by atoms with Crippen molar-refractivity contribution in [1.29, 1.82) is 0 Å². The van der Waals surface area contributed by atoms with Crippen molar-refractivity contribution in [3.63, 3.8) is 0 Å². The smallest absolute Gasteiger partial charge is 0.337 e. The lowest BCUT2D eigenvalue weighted by molar-refractivity contribution is -0.302. The highest BCUT2D eigenvalue weighted by Crippen LogP contribution is 2.39. The van der Waals surface area contributed by atoms with Gasteiger partial charge in [0.15, 0.2) is 0 Å². The summed E-state index contributed by atoms with van der Waals surface area (Å²) in [5, 5.41) is 26.4. The Hall–Kier alpha value is -4.43. The fourth-order valence-electron chi connectivity index (χ4n) is 10.7. The number of aliphatic hydroxyl groups is 2. The fourth-order valence-corrected chi connectivity index (χ4v) is 10.9. The molecule has 3 N–H and O–H groups in total. The predicted molar refractivity (Wildman–Crippen MR) is 265 cm³/mol. The van der Waals surface area contributed by atoms with Crippen molar-refractivity contribution in [3.05, 3.63) is 58.7 Å². The summed E-state index contributed by atoms with van der Waals surface area (Å²) in [6.45, 7) is 11.1. The first-order valence-electron chi connectivity index (χ1n) is 25.0. The zero-order valence-electron chi connectivity index (χ0n) is 43.0. The molecule has 0 spiro atoms. The van der Waals surface area contributed by atoms with E-state index in [9.17, 15) is 39.0 Å². The Morgan fingerprint density at radius 3 is 2.17 bits per heavy atom. The molecular formula is C53H76N2O15S. The highest BCUT2D eigenvalue weighted by Gasteiger charge is 2.56. The molecule has 1 aromatic carbocycles. The minimum absolute atomic E-state index is 0.000522. The number of hydrogen-bond donors (Lipinski definition) is 3. The number of fused-ring (bicyclic) bond motifs is 3. The van der Waals surface area contributed by atoms with Crippen LogP contribution >= 0.6 is 12.2 Å². The number of carbonyl (C=O) groups excluding carboxylic acids is 6. The molecule has 14 atom stereocenters. The predicted octanol–water partition coefficient (Wildman–Crippen LogP) is 6.00. The number of Topliss-reactive ketones (excluding diaryl/α,β-unsaturated/α-hetero) is 2. The van der Waals surface area contributed by atoms with Gasteiger partial charge < -0.3 is 48.3 Å². The molecule has 0 aromatic heterocycles. The number of piperidine rings is 1. The van der Waals surface area contributed by atoms with Crippen molar-refractivity contribution in [2.45, 2.75) is 167 Å². The second-order valence-electron chi connectivity index (χ2n) is 20.1. The third-order valence-corrected chi connectivity index (χ3v) is 15.1. The van der Waals surface area contributed by atoms with Gasteiger partial charge in [0.1, 0.15) is 30.1 Å². The van der Waals surface area contributed by atoms with Gasteiger partial charge in [-0.1, -0.05) is 45.4 Å². The SMILES string of the molecule is CC[C@@H]1/C=C(\C)C[C@H](C)C[C@H](OC)[C@H]2O[C@@](O)(C(=O)C(=O)N3CCCC[C@H]3C(=O)O[C@H](/C(C)=C/[C@@H]3CC[C@@H](OC(=S)NC(=O)c4ccc(C(=O)OC)cc4)[C@H](OC)C3)[C@H](C)[C@@H](O)CC1=O)[C@H](C)C[C@@H]2OC. The zero-order chi connectivity index (χ0) is 52.3. The summed E-state index contributed by atoms with van der Waals surface area (Å²) in [4.78, 5) is 83.3. The minimum Gasteiger partial charge on any atom is -0.465 e. The second-order valence-corrected chi connectivity index (χ2v) is 20.4. The van der Waals surface area contributed by atoms with Crippen LogP contribution in [0.5, 0.6) is 0 Å². The topological polar surface area (TPSA) is 223 Å². The van der Waals surface area contributed by atoms with Crippen molar-refractivity contribution in [2.24, 2.45) is 29.6 Å². The van der Waals surface area contributed by atoms with Gasteiger partial charge in [0, 0.05) is 57.6 Å². The molecule has 1 aromatic rings. The fraction of sp³-hybridized carbons (Fsp3) is 0.679. The standard InChI is InChI=1S/C53H76N2O15S/c1-11-35-23-29(2)22-30(3)24-43(65-8)46-44(66-9)26-32(5)53(63,70-46)47(58)49(60)55-21-13-12-14-38(55)51(62)69-45(33(6)39(56)28-40(35)57)31(4)25-34-15-20-41(42(27-34)64-7)68-52(71)54-48(59)36-16-18-37(19-17-36)50(61)67-10/h16-19,23,25,30,32-35,38-39,41-46,56,63H,11-15,20-22,24,26-28H2,1-10H3,(H,54,59,71)/b29-23+,31-25+/t30-,32+,33+,34-,35+,38-,39-,41+,42+,43-,44-,45+,46+,53+/m0/s1. The molecular weight excluding hydrogens is 937 g/mol. The number of thiocarbonyl (C=S) groups is 1. The minimum atomic E-state index is -2.55. The van der Waals surface area contributed by atoms with E-state index < -0.39 is 102 Å². The van der Waals surface area contributed by atoms with E-state index in [0.717, 1.165) is 10.5 Å². The van der Waals surface area contributed by atoms with Crippen LogP contribution in [0.15, 0.2) is 47.6 Å². The van der Waals surface area contributed by atoms with Crippen molar-refractivity contribution >= 4 is 52.7 Å². The lowest BCUT2D eigenvalue weighted by Gasteiger charge is -2.47. The molecule has 2 amide bonds. The molecule has 5 rings (SSSR count). The summed E-state index contributed by atoms with van der Waals surface area (Å²) in [6.07, 6.45) is 2.78. The number of nitrogens with zero attached hydrogens (tertiary/aromatic N) is 1. The number of allylic oxidation sites excluding steroid dienone is 3. The van der Waals surface area contributed by atoms with Gasteiger partial charge in [0.05, 0.1) is 37.1 Å². The molecule has 1 aliphatic carbocycles. The van der Waals surface area contributed by atoms with Crippen LogP contribution in [-0.4, -0.2) is 145 Å². The van der Waals surface area contributed by atoms with E-state index in [1.165, 1.54) is 45.6 Å². The van der Waals surface area contributed by atoms with E-state index >= 15 is 0 Å². The Kier molecular flexibility index (Phi) is 21.0. The van der Waals surface area contributed by atoms with E-state index in [1.807, 2.05) is 32.9 Å². The van der Waals surface area contributed by atoms with Crippen LogP contribution in [0.2, 0.25) is 0 Å². The summed E-state index contributed by atoms with van der Waals surface area (Å²) < 4.78 is 41.0. The third-order valence-electron chi connectivity index (χ3n) is 14.9. The van der Waals surface area contributed by atoms with Gasteiger partial charge in [-0.15, -0.1) is 0 Å². The first-order valence-corrected chi connectivity index (χ1v) is 25.4. The maximum atomic E-state index is 14.6. The average Bonchev–Trinajstić information content (AvgIpc) is 3.36. The van der Waals surface area contributed by atoms with Gasteiger partial charge in [0.25, 0.3) is 22.8 Å². The van der Waals surface area contributed by atoms with Crippen molar-refractivity contribution in [1.82, 2.24) is 10.2 Å². The summed E-state index contributed by atoms with van der Waals surface area (Å²) in [7, 11) is 5.85. The highest BCUT2D eigenvalue weighted by atomic mass is 32.1. The normalized spacial score (nSPS) is 34.9. The second kappa shape index (κ2) is 26.0. The van der Waals surface area contributed by atoms with Crippen LogP contribution in [0.4, 0.5) is 0 Å². The van der Waals surface area contributed by atoms with E-state index in [0.29, 0.717) is 56.9 Å². The summed E-state index contributed by atoms with van der Waals surface area (Å²) in [6, 6.07) is 4.69. The molecule has 394 valence electrons. The van der Waals surface area contributed by atoms with Crippen LogP contribution in [0.25, 0.3) is 0 Å². The molecule has 17 nitrogen and oxygen atoms in total. The number of benzene rings is 1. The molecule has 71 heavy (non-hydrogen) atoms. The number of ether oxygens (including phenoxy) is 7. The monoisotopic (exact) mass is 1010 g/mol. The highest BCUT2D eigenvalue weighted by molar-refractivity contribution is 7.80. The molecule has 2 saturated heterocycles. The van der Waals surface area contributed by atoms with Gasteiger partial charge >= 0.3 is 11.9 Å². The number of rotatable bonds is 9. The summed E-state index contributed by atoms with van der Waals surface area (Å²) >= 11 is 5.41. The number of aliphatic hydroxyl groups excluding tert-OH is 1. The van der Waals surface area contributed by atoms with Gasteiger partial charge in [-0.05, 0) is 132 Å². The van der Waals surface area contributed by atoms with Crippen molar-refractivity contribution < 1.29 is 72.1 Å². The molecule has 3 heterocycles. The molecule has 0 unspecified atom stereocenters. The van der Waals surface area contributed by atoms with E-state index in [4.69, 9.17) is 45.4 Å². The number of methoxy groups -OCH3 is 4. The van der Waals surface area contributed by atoms with Crippen LogP contribution < -0.4 is 5.32 Å². The number of esters is 2. The largest absolute Gasteiger partial charge is 0.465 e. The number of cyclic esters (lactones) is 1. The molecule has 2 bridgehead atoms. The number of carbonyl (C=O) groups is 6. The molecule has 4 aliphatic rings. The number of hydrogen-bond acceptors (Lipinski definition) is 16. The molecule has 0 radical (unpaired) electrons. The van der Waals surface area contributed by atoms with Crippen molar-refractivity contribution in [2.75, 3.05) is 35.0 Å². The Morgan fingerprint density at radius 1 is 0.887 bits per heavy atom. The quantitative estimate of drug-likeness (QED) is 0.112. The molecule has 3 fully saturated rings. The van der Waals surface area contributed by atoms with Gasteiger partial charge in [-0.25, -0.2) is 9.59 Å². The lowest BCUT2D eigenvalue weighted by Crippen LogP contribution is -2.64. The van der Waals surface area contributed by atoms with E-state index in [2.05, 4.69) is 5.32 Å². The third kappa shape index (κ3) is 14.2.